The summed E-state index contributed by atoms with van der Waals surface area (Å²) in [6.45, 7) is 0. The molecule has 14 heavy (non-hydrogen) atoms. The molecule has 1 nitrogen and oxygen atoms in total. The third-order valence-electron chi connectivity index (χ3n) is 1.26. The minimum atomic E-state index is 0. The Labute approximate surface area is 112 Å². The van der Waals surface area contributed by atoms with E-state index in [1.807, 2.05) is 18.2 Å². The van der Waals surface area contributed by atoms with Gasteiger partial charge in [0.1, 0.15) is 0 Å². The van der Waals surface area contributed by atoms with Crippen molar-refractivity contribution in [3.63, 3.8) is 0 Å². The van der Waals surface area contributed by atoms with Crippen molar-refractivity contribution < 1.29 is 51.6 Å². The van der Waals surface area contributed by atoms with Crippen molar-refractivity contribution in [2.75, 3.05) is 0 Å². The molecule has 0 bridgehead atoms. The van der Waals surface area contributed by atoms with Crippen molar-refractivity contribution in [2.45, 2.75) is 12.8 Å². The molecule has 0 unspecified atom stereocenters. The van der Waals surface area contributed by atoms with E-state index in [1.165, 1.54) is 0 Å². The molecule has 0 aromatic rings. The first-order valence-corrected chi connectivity index (χ1v) is 3.57. The molecule has 0 amide bonds. The molecule has 0 saturated carbocycles. The number of hydrogen-bond acceptors (Lipinski definition) is 1. The number of rotatable bonds is 0. The van der Waals surface area contributed by atoms with Crippen LogP contribution in [0.25, 0.3) is 0 Å². The summed E-state index contributed by atoms with van der Waals surface area (Å²) in [6.07, 6.45) is 16.9. The first-order chi connectivity index (χ1) is 5.39. The second-order valence-electron chi connectivity index (χ2n) is 2.17. The SMILES string of the molecule is OC1=[C-]CC=C1.[C-]1=CC=CC1.[Cl-].[Cl-].[Ti+4]. The quantitative estimate of drug-likeness (QED) is 0.356. The topological polar surface area (TPSA) is 20.2 Å². The molecule has 0 heterocycles. The summed E-state index contributed by atoms with van der Waals surface area (Å²) < 4.78 is 0. The molecule has 0 aliphatic heterocycles. The average Bonchev–Trinajstić information content (AvgIpc) is 2.57. The summed E-state index contributed by atoms with van der Waals surface area (Å²) >= 11 is 0. The summed E-state index contributed by atoms with van der Waals surface area (Å²) in [5, 5.41) is 8.45. The Hall–Kier alpha value is 0.0543. The van der Waals surface area contributed by atoms with E-state index in [9.17, 15) is 0 Å². The zero-order valence-electron chi connectivity index (χ0n) is 7.50. The summed E-state index contributed by atoms with van der Waals surface area (Å²) in [5.41, 5.74) is 0. The fraction of sp³-hybridized carbons (Fsp3) is 0.200. The van der Waals surface area contributed by atoms with Crippen LogP contribution in [-0.2, 0) is 21.7 Å². The van der Waals surface area contributed by atoms with Gasteiger partial charge in [-0.2, -0.15) is 18.2 Å². The van der Waals surface area contributed by atoms with E-state index in [2.05, 4.69) is 18.2 Å². The summed E-state index contributed by atoms with van der Waals surface area (Å²) in [6, 6.07) is 0. The normalized spacial score (nSPS) is 14.1. The van der Waals surface area contributed by atoms with E-state index >= 15 is 0 Å². The molecular weight excluding hydrogens is 255 g/mol. The summed E-state index contributed by atoms with van der Waals surface area (Å²) in [7, 11) is 0. The van der Waals surface area contributed by atoms with Gasteiger partial charge in [0.15, 0.2) is 0 Å². The molecule has 0 spiro atoms. The van der Waals surface area contributed by atoms with Crippen LogP contribution >= 0.6 is 0 Å². The molecule has 0 saturated heterocycles. The third kappa shape index (κ3) is 10.1. The van der Waals surface area contributed by atoms with Gasteiger partial charge < -0.3 is 29.9 Å². The smallest absolute Gasteiger partial charge is 1.00 e. The predicted molar refractivity (Wildman–Crippen MR) is 44.7 cm³/mol. The fourth-order valence-electron chi connectivity index (χ4n) is 0.733. The minimum Gasteiger partial charge on any atom is -1.00 e. The molecule has 0 aromatic carbocycles. The first-order valence-electron chi connectivity index (χ1n) is 3.57. The van der Waals surface area contributed by atoms with Gasteiger partial charge in [0.2, 0.25) is 0 Å². The van der Waals surface area contributed by atoms with Crippen molar-refractivity contribution in [2.24, 2.45) is 0 Å². The fourth-order valence-corrected chi connectivity index (χ4v) is 0.733. The Morgan fingerprint density at radius 1 is 1.14 bits per heavy atom. The molecule has 2 rings (SSSR count). The van der Waals surface area contributed by atoms with Gasteiger partial charge in [-0.15, -0.1) is 12.8 Å². The van der Waals surface area contributed by atoms with Crippen LogP contribution in [0.2, 0.25) is 0 Å². The van der Waals surface area contributed by atoms with Gasteiger partial charge in [0, 0.05) is 0 Å². The van der Waals surface area contributed by atoms with Crippen LogP contribution in [0.3, 0.4) is 0 Å². The van der Waals surface area contributed by atoms with Crippen LogP contribution in [-0.4, -0.2) is 5.11 Å². The first kappa shape index (κ1) is 19.6. The number of allylic oxidation sites excluding steroid dienone is 7. The van der Waals surface area contributed by atoms with E-state index in [0.717, 1.165) is 12.8 Å². The van der Waals surface area contributed by atoms with Gasteiger partial charge in [-0.1, -0.05) is 5.76 Å². The second kappa shape index (κ2) is 13.1. The molecule has 0 aromatic heterocycles. The molecule has 2 aliphatic carbocycles. The molecular formula is C10H10Cl2OTi. The largest absolute Gasteiger partial charge is 4.00 e. The molecule has 74 valence electrons. The van der Waals surface area contributed by atoms with E-state index in [1.54, 1.807) is 6.08 Å². The van der Waals surface area contributed by atoms with E-state index in [-0.39, 0.29) is 52.3 Å². The number of aliphatic hydroxyl groups excluding tert-OH is 1. The number of hydrogen-bond donors (Lipinski definition) is 1. The monoisotopic (exact) mass is 264 g/mol. The van der Waals surface area contributed by atoms with Crippen molar-refractivity contribution in [1.29, 1.82) is 0 Å². The summed E-state index contributed by atoms with van der Waals surface area (Å²) in [5.74, 6) is 0.273. The van der Waals surface area contributed by atoms with Gasteiger partial charge in [-0.25, -0.2) is 18.2 Å². The Morgan fingerprint density at radius 2 is 1.86 bits per heavy atom. The molecule has 0 radical (unpaired) electrons. The maximum Gasteiger partial charge on any atom is 4.00 e. The second-order valence-corrected chi connectivity index (χ2v) is 2.17. The molecule has 2 aliphatic rings. The van der Waals surface area contributed by atoms with Crippen LogP contribution in [0.4, 0.5) is 0 Å². The molecule has 1 N–H and O–H groups in total. The van der Waals surface area contributed by atoms with Crippen molar-refractivity contribution >= 4 is 0 Å². The van der Waals surface area contributed by atoms with Crippen LogP contribution < -0.4 is 24.8 Å². The maximum absolute atomic E-state index is 8.45. The van der Waals surface area contributed by atoms with Gasteiger partial charge >= 0.3 is 21.7 Å². The number of aliphatic hydroxyl groups is 1. The molecule has 0 fully saturated rings. The van der Waals surface area contributed by atoms with E-state index in [0.29, 0.717) is 0 Å². The predicted octanol–water partition coefficient (Wildman–Crippen LogP) is -3.50. The van der Waals surface area contributed by atoms with Crippen LogP contribution in [0.15, 0.2) is 36.1 Å². The minimum absolute atomic E-state index is 0. The average molecular weight is 265 g/mol. The zero-order chi connectivity index (χ0) is 7.94. The van der Waals surface area contributed by atoms with Gasteiger partial charge in [-0.05, 0) is 0 Å². The van der Waals surface area contributed by atoms with Gasteiger partial charge in [0.05, 0.1) is 0 Å². The molecule has 0 atom stereocenters. The maximum atomic E-state index is 8.45. The van der Waals surface area contributed by atoms with E-state index in [4.69, 9.17) is 5.11 Å². The summed E-state index contributed by atoms with van der Waals surface area (Å²) in [4.78, 5) is 0. The van der Waals surface area contributed by atoms with Crippen molar-refractivity contribution in [1.82, 2.24) is 0 Å². The van der Waals surface area contributed by atoms with Crippen molar-refractivity contribution in [3.8, 4) is 0 Å². The zero-order valence-corrected chi connectivity index (χ0v) is 10.6. The number of halogens is 2. The van der Waals surface area contributed by atoms with E-state index < -0.39 is 0 Å². The Kier molecular flexibility index (Phi) is 18.3. The Balaban J connectivity index is -0.000000144. The van der Waals surface area contributed by atoms with Gasteiger partial charge in [0.25, 0.3) is 0 Å². The van der Waals surface area contributed by atoms with Crippen LogP contribution in [0.5, 0.6) is 0 Å². The Bertz CT molecular complexity index is 220. The third-order valence-corrected chi connectivity index (χ3v) is 1.26. The van der Waals surface area contributed by atoms with Gasteiger partial charge in [-0.3, -0.25) is 6.08 Å². The van der Waals surface area contributed by atoms with Crippen molar-refractivity contribution in [3.05, 3.63) is 48.3 Å². The Morgan fingerprint density at radius 3 is 2.00 bits per heavy atom. The van der Waals surface area contributed by atoms with Crippen LogP contribution in [0.1, 0.15) is 12.8 Å². The van der Waals surface area contributed by atoms with Crippen LogP contribution in [0, 0.1) is 12.2 Å². The molecule has 4 heteroatoms. The standard InChI is InChI=1S/C5H5O.C5H5.2ClH.Ti/c6-5-3-1-2-4-5;1-2-4-5-3-1;;;/h1,3,6H,2H2;1-3H,4H2;2*1H;/q2*-1;;;+4/p-2.